The second kappa shape index (κ2) is 8.19. The Morgan fingerprint density at radius 1 is 1.00 bits per heavy atom. The van der Waals surface area contributed by atoms with Gasteiger partial charge in [-0.05, 0) is 36.8 Å². The summed E-state index contributed by atoms with van der Waals surface area (Å²) in [5.41, 5.74) is 0.934. The number of nitrogens with zero attached hydrogens (tertiary/aromatic N) is 3. The minimum absolute atomic E-state index is 0.0334. The highest BCUT2D eigenvalue weighted by Crippen LogP contribution is 2.26. The lowest BCUT2D eigenvalue weighted by molar-refractivity contribution is -0.114. The first-order chi connectivity index (χ1) is 13.6. The largest absolute Gasteiger partial charge is 0.326 e. The van der Waals surface area contributed by atoms with E-state index in [1.54, 1.807) is 25.1 Å². The van der Waals surface area contributed by atoms with Crippen molar-refractivity contribution in [3.63, 3.8) is 0 Å². The molecule has 11 heteroatoms. The van der Waals surface area contributed by atoms with Crippen molar-refractivity contribution >= 4 is 31.6 Å². The molecule has 0 atom stereocenters. The molecule has 0 bridgehead atoms. The number of aryl methyl sites for hydroxylation is 1. The van der Waals surface area contributed by atoms with Gasteiger partial charge >= 0.3 is 0 Å². The molecule has 0 radical (unpaired) electrons. The summed E-state index contributed by atoms with van der Waals surface area (Å²) in [4.78, 5) is 15.3. The van der Waals surface area contributed by atoms with Crippen LogP contribution in [0, 0.1) is 6.92 Å². The molecule has 1 saturated heterocycles. The summed E-state index contributed by atoms with van der Waals surface area (Å²) < 4.78 is 54.1. The normalized spacial score (nSPS) is 16.5. The summed E-state index contributed by atoms with van der Waals surface area (Å²) in [5, 5.41) is 2.58. The minimum Gasteiger partial charge on any atom is -0.326 e. The Labute approximate surface area is 170 Å². The topological polar surface area (TPSA) is 117 Å². The molecular formula is C18H22N4O5S2. The van der Waals surface area contributed by atoms with Crippen LogP contribution < -0.4 is 5.32 Å². The molecule has 2 heterocycles. The molecule has 1 aromatic carbocycles. The molecule has 2 aromatic rings. The van der Waals surface area contributed by atoms with Crippen LogP contribution in [0.4, 0.5) is 5.69 Å². The third-order valence-electron chi connectivity index (χ3n) is 4.60. The van der Waals surface area contributed by atoms with Gasteiger partial charge in [0.2, 0.25) is 26.0 Å². The number of amides is 1. The van der Waals surface area contributed by atoms with Crippen molar-refractivity contribution in [3.8, 4) is 0 Å². The number of anilines is 1. The Balaban J connectivity index is 1.79. The molecule has 1 aliphatic heterocycles. The van der Waals surface area contributed by atoms with Crippen molar-refractivity contribution < 1.29 is 21.6 Å². The number of sulfonamides is 2. The zero-order chi connectivity index (χ0) is 21.2. The number of piperazine rings is 1. The summed E-state index contributed by atoms with van der Waals surface area (Å²) in [6, 6.07) is 7.68. The van der Waals surface area contributed by atoms with Gasteiger partial charge in [-0.2, -0.15) is 8.61 Å². The van der Waals surface area contributed by atoms with Crippen molar-refractivity contribution in [1.82, 2.24) is 13.6 Å². The van der Waals surface area contributed by atoms with Gasteiger partial charge in [0, 0.05) is 51.2 Å². The summed E-state index contributed by atoms with van der Waals surface area (Å²) in [5.74, 6) is -0.300. The fraction of sp³-hybridized carbons (Fsp3) is 0.333. The fourth-order valence-electron chi connectivity index (χ4n) is 3.10. The smallest absolute Gasteiger partial charge is 0.244 e. The number of carbonyl (C=O) groups excluding carboxylic acids is 1. The number of nitrogens with one attached hydrogen (secondary N) is 1. The predicted octanol–water partition coefficient (Wildman–Crippen LogP) is 1.04. The Hall–Kier alpha value is -2.34. The van der Waals surface area contributed by atoms with Crippen LogP contribution in [0.3, 0.4) is 0 Å². The van der Waals surface area contributed by atoms with Gasteiger partial charge in [0.1, 0.15) is 4.90 Å². The van der Waals surface area contributed by atoms with Crippen LogP contribution in [0.1, 0.15) is 12.5 Å². The molecule has 1 N–H and O–H groups in total. The minimum atomic E-state index is -3.84. The second-order valence-corrected chi connectivity index (χ2v) is 10.5. The monoisotopic (exact) mass is 438 g/mol. The van der Waals surface area contributed by atoms with Crippen LogP contribution in [0.5, 0.6) is 0 Å². The molecule has 3 rings (SSSR count). The molecular weight excluding hydrogens is 416 g/mol. The van der Waals surface area contributed by atoms with E-state index in [4.69, 9.17) is 0 Å². The van der Waals surface area contributed by atoms with E-state index in [1.807, 2.05) is 0 Å². The summed E-state index contributed by atoms with van der Waals surface area (Å²) in [6.07, 6.45) is 2.76. The van der Waals surface area contributed by atoms with Gasteiger partial charge in [-0.3, -0.25) is 9.78 Å². The Morgan fingerprint density at radius 2 is 1.62 bits per heavy atom. The van der Waals surface area contributed by atoms with Gasteiger partial charge in [-0.25, -0.2) is 16.8 Å². The molecule has 1 aromatic heterocycles. The highest BCUT2D eigenvalue weighted by atomic mass is 32.2. The van der Waals surface area contributed by atoms with Gasteiger partial charge in [0.25, 0.3) is 0 Å². The predicted molar refractivity (Wildman–Crippen MR) is 107 cm³/mol. The molecule has 9 nitrogen and oxygen atoms in total. The zero-order valence-corrected chi connectivity index (χ0v) is 17.7. The Bertz CT molecular complexity index is 1110. The van der Waals surface area contributed by atoms with E-state index in [0.29, 0.717) is 11.3 Å². The molecule has 1 fully saturated rings. The quantitative estimate of drug-likeness (QED) is 0.746. The third kappa shape index (κ3) is 4.47. The molecule has 0 unspecified atom stereocenters. The van der Waals surface area contributed by atoms with Crippen LogP contribution in [0.15, 0.2) is 52.5 Å². The SMILES string of the molecule is CC(=O)Nc1ccc(C)c(S(=O)(=O)N2CCN(S(=O)(=O)c3cccnc3)CC2)c1. The third-order valence-corrected chi connectivity index (χ3v) is 8.52. The van der Waals surface area contributed by atoms with Crippen molar-refractivity contribution in [1.29, 1.82) is 0 Å². The highest BCUT2D eigenvalue weighted by molar-refractivity contribution is 7.89. The summed E-state index contributed by atoms with van der Waals surface area (Å²) >= 11 is 0. The first-order valence-corrected chi connectivity index (χ1v) is 11.8. The maximum Gasteiger partial charge on any atom is 0.244 e. The first kappa shape index (κ1) is 21.4. The van der Waals surface area contributed by atoms with Gasteiger partial charge in [-0.1, -0.05) is 6.07 Å². The Kier molecular flexibility index (Phi) is 6.03. The van der Waals surface area contributed by atoms with Crippen molar-refractivity contribution in [2.75, 3.05) is 31.5 Å². The van der Waals surface area contributed by atoms with E-state index < -0.39 is 20.0 Å². The molecule has 1 aliphatic rings. The fourth-order valence-corrected chi connectivity index (χ4v) is 6.16. The van der Waals surface area contributed by atoms with Crippen molar-refractivity contribution in [2.45, 2.75) is 23.6 Å². The van der Waals surface area contributed by atoms with E-state index >= 15 is 0 Å². The number of pyridine rings is 1. The van der Waals surface area contributed by atoms with Gasteiger partial charge in [-0.15, -0.1) is 0 Å². The van der Waals surface area contributed by atoms with Crippen LogP contribution >= 0.6 is 0 Å². The lowest BCUT2D eigenvalue weighted by atomic mass is 10.2. The van der Waals surface area contributed by atoms with Gasteiger partial charge in [0.15, 0.2) is 0 Å². The summed E-state index contributed by atoms with van der Waals surface area (Å²) in [6.45, 7) is 3.17. The van der Waals surface area contributed by atoms with Crippen LogP contribution in [-0.2, 0) is 24.8 Å². The lowest BCUT2D eigenvalue weighted by Gasteiger charge is -2.33. The van der Waals surface area contributed by atoms with Crippen molar-refractivity contribution in [3.05, 3.63) is 48.3 Å². The number of carbonyl (C=O) groups is 1. The van der Waals surface area contributed by atoms with Crippen LogP contribution in [-0.4, -0.2) is 62.5 Å². The number of rotatable bonds is 5. The van der Waals surface area contributed by atoms with Crippen molar-refractivity contribution in [2.24, 2.45) is 0 Å². The molecule has 156 valence electrons. The lowest BCUT2D eigenvalue weighted by Crippen LogP contribution is -2.50. The standard InChI is InChI=1S/C18H22N4O5S2/c1-14-5-6-16(20-15(2)23)12-18(14)29(26,27)22-10-8-21(9-11-22)28(24,25)17-4-3-7-19-13-17/h3-7,12-13H,8-11H2,1-2H3,(H,20,23). The van der Waals surface area contributed by atoms with Gasteiger partial charge in [0.05, 0.1) is 4.90 Å². The van der Waals surface area contributed by atoms with E-state index in [9.17, 15) is 21.6 Å². The summed E-state index contributed by atoms with van der Waals surface area (Å²) in [7, 11) is -7.56. The van der Waals surface area contributed by atoms with Gasteiger partial charge < -0.3 is 5.32 Å². The molecule has 0 aliphatic carbocycles. The molecule has 1 amide bonds. The first-order valence-electron chi connectivity index (χ1n) is 8.91. The number of aromatic nitrogens is 1. The average molecular weight is 439 g/mol. The number of hydrogen-bond acceptors (Lipinski definition) is 6. The molecule has 29 heavy (non-hydrogen) atoms. The average Bonchev–Trinajstić information content (AvgIpc) is 2.69. The van der Waals surface area contributed by atoms with E-state index in [0.717, 1.165) is 0 Å². The molecule has 0 saturated carbocycles. The molecule has 0 spiro atoms. The maximum atomic E-state index is 13.1. The van der Waals surface area contributed by atoms with E-state index in [2.05, 4.69) is 10.3 Å². The Morgan fingerprint density at radius 3 is 2.17 bits per heavy atom. The number of benzene rings is 1. The van der Waals surface area contributed by atoms with Crippen LogP contribution in [0.2, 0.25) is 0 Å². The van der Waals surface area contributed by atoms with Crippen LogP contribution in [0.25, 0.3) is 0 Å². The van der Waals surface area contributed by atoms with E-state index in [1.165, 1.54) is 40.1 Å². The highest BCUT2D eigenvalue weighted by Gasteiger charge is 2.34. The number of hydrogen-bond donors (Lipinski definition) is 1. The van der Waals surface area contributed by atoms with E-state index in [-0.39, 0.29) is 41.9 Å². The second-order valence-electron chi connectivity index (χ2n) is 6.66. The maximum absolute atomic E-state index is 13.1. The zero-order valence-electron chi connectivity index (χ0n) is 16.1.